The lowest BCUT2D eigenvalue weighted by atomic mass is 10.1. The number of aryl methyl sites for hydroxylation is 1. The van der Waals surface area contributed by atoms with Crippen molar-refractivity contribution in [3.8, 4) is 0 Å². The van der Waals surface area contributed by atoms with E-state index in [9.17, 15) is 4.79 Å². The summed E-state index contributed by atoms with van der Waals surface area (Å²) in [6, 6.07) is 18.5. The first kappa shape index (κ1) is 15.8. The molecule has 0 radical (unpaired) electrons. The molecule has 1 aliphatic rings. The second-order valence-electron chi connectivity index (χ2n) is 6.29. The van der Waals surface area contributed by atoms with Gasteiger partial charge in [0, 0.05) is 19.6 Å². The van der Waals surface area contributed by atoms with Crippen LogP contribution in [0.3, 0.4) is 0 Å². The highest BCUT2D eigenvalue weighted by atomic mass is 16.5. The topological polar surface area (TPSA) is 29.5 Å². The van der Waals surface area contributed by atoms with Crippen molar-refractivity contribution in [2.24, 2.45) is 0 Å². The molecule has 1 heterocycles. The maximum absolute atomic E-state index is 12.1. The van der Waals surface area contributed by atoms with E-state index in [0.29, 0.717) is 6.42 Å². The van der Waals surface area contributed by atoms with Crippen molar-refractivity contribution in [3.63, 3.8) is 0 Å². The number of esters is 1. The van der Waals surface area contributed by atoms with Crippen LogP contribution < -0.4 is 0 Å². The molecule has 0 unspecified atom stereocenters. The van der Waals surface area contributed by atoms with E-state index in [1.54, 1.807) is 0 Å². The van der Waals surface area contributed by atoms with Gasteiger partial charge >= 0.3 is 5.97 Å². The molecule has 0 N–H and O–H groups in total. The van der Waals surface area contributed by atoms with Crippen molar-refractivity contribution >= 4 is 5.97 Å². The summed E-state index contributed by atoms with van der Waals surface area (Å²) >= 11 is 0. The third kappa shape index (κ3) is 4.67. The zero-order valence-corrected chi connectivity index (χ0v) is 13.6. The molecule has 0 aliphatic carbocycles. The van der Waals surface area contributed by atoms with Crippen LogP contribution in [0.1, 0.15) is 23.1 Å². The summed E-state index contributed by atoms with van der Waals surface area (Å²) in [7, 11) is 0. The molecule has 0 bridgehead atoms. The van der Waals surface area contributed by atoms with Gasteiger partial charge in [-0.3, -0.25) is 9.69 Å². The largest absolute Gasteiger partial charge is 0.461 e. The van der Waals surface area contributed by atoms with E-state index < -0.39 is 0 Å². The molecule has 1 atom stereocenters. The van der Waals surface area contributed by atoms with Crippen LogP contribution in [0.4, 0.5) is 0 Å². The summed E-state index contributed by atoms with van der Waals surface area (Å²) in [6.07, 6.45) is 1.31. The Morgan fingerprint density at radius 3 is 2.70 bits per heavy atom. The Morgan fingerprint density at radius 1 is 1.13 bits per heavy atom. The predicted molar refractivity (Wildman–Crippen MR) is 91.1 cm³/mol. The molecule has 1 fully saturated rings. The SMILES string of the molecule is Cc1cccc(CC(=O)O[C@@H]2CCN(Cc3ccccc3)C2)c1. The summed E-state index contributed by atoms with van der Waals surface area (Å²) in [5.74, 6) is -0.123. The summed E-state index contributed by atoms with van der Waals surface area (Å²) in [5, 5.41) is 0. The molecular weight excluding hydrogens is 286 g/mol. The van der Waals surface area contributed by atoms with Crippen LogP contribution in [0.2, 0.25) is 0 Å². The third-order valence-electron chi connectivity index (χ3n) is 4.21. The van der Waals surface area contributed by atoms with Crippen molar-refractivity contribution in [1.29, 1.82) is 0 Å². The first-order valence-electron chi connectivity index (χ1n) is 8.20. The van der Waals surface area contributed by atoms with Gasteiger partial charge in [0.2, 0.25) is 0 Å². The maximum atomic E-state index is 12.1. The molecule has 0 aromatic heterocycles. The van der Waals surface area contributed by atoms with Crippen LogP contribution in [0, 0.1) is 6.92 Å². The maximum Gasteiger partial charge on any atom is 0.310 e. The van der Waals surface area contributed by atoms with Gasteiger partial charge in [-0.1, -0.05) is 60.2 Å². The smallest absolute Gasteiger partial charge is 0.310 e. The van der Waals surface area contributed by atoms with Gasteiger partial charge in [-0.2, -0.15) is 0 Å². The zero-order chi connectivity index (χ0) is 16.1. The standard InChI is InChI=1S/C20H23NO2/c1-16-6-5-9-18(12-16)13-20(22)23-19-10-11-21(15-19)14-17-7-3-2-4-8-17/h2-9,12,19H,10-11,13-15H2,1H3/t19-/m1/s1. The molecule has 0 amide bonds. The number of hydrogen-bond donors (Lipinski definition) is 0. The molecule has 120 valence electrons. The van der Waals surface area contributed by atoms with Gasteiger partial charge in [0.05, 0.1) is 6.42 Å². The second-order valence-corrected chi connectivity index (χ2v) is 6.29. The van der Waals surface area contributed by atoms with Crippen LogP contribution >= 0.6 is 0 Å². The fourth-order valence-corrected chi connectivity index (χ4v) is 3.09. The average molecular weight is 309 g/mol. The number of hydrogen-bond acceptors (Lipinski definition) is 3. The Hall–Kier alpha value is -2.13. The average Bonchev–Trinajstić information content (AvgIpc) is 2.95. The fourth-order valence-electron chi connectivity index (χ4n) is 3.09. The Kier molecular flexibility index (Phi) is 5.09. The van der Waals surface area contributed by atoms with Gasteiger partial charge in [-0.15, -0.1) is 0 Å². The first-order valence-corrected chi connectivity index (χ1v) is 8.20. The van der Waals surface area contributed by atoms with E-state index in [2.05, 4.69) is 29.2 Å². The minimum absolute atomic E-state index is 0.0241. The Labute approximate surface area is 137 Å². The number of nitrogens with zero attached hydrogens (tertiary/aromatic N) is 1. The Bertz CT molecular complexity index is 654. The van der Waals surface area contributed by atoms with Crippen LogP contribution in [-0.4, -0.2) is 30.1 Å². The molecule has 3 rings (SSSR count). The number of ether oxygens (including phenoxy) is 1. The highest BCUT2D eigenvalue weighted by Gasteiger charge is 2.25. The van der Waals surface area contributed by atoms with Crippen LogP contribution in [0.5, 0.6) is 0 Å². The molecular formula is C20H23NO2. The fraction of sp³-hybridized carbons (Fsp3) is 0.350. The molecule has 0 spiro atoms. The quantitative estimate of drug-likeness (QED) is 0.793. The number of rotatable bonds is 5. The normalized spacial score (nSPS) is 18.0. The van der Waals surface area contributed by atoms with Gasteiger partial charge < -0.3 is 4.74 Å². The molecule has 3 heteroatoms. The van der Waals surface area contributed by atoms with Gasteiger partial charge in [0.1, 0.15) is 6.10 Å². The van der Waals surface area contributed by atoms with Gasteiger partial charge in [-0.05, 0) is 24.5 Å². The number of benzene rings is 2. The third-order valence-corrected chi connectivity index (χ3v) is 4.21. The minimum Gasteiger partial charge on any atom is -0.461 e. The number of likely N-dealkylation sites (tertiary alicyclic amines) is 1. The highest BCUT2D eigenvalue weighted by molar-refractivity contribution is 5.72. The molecule has 3 nitrogen and oxygen atoms in total. The van der Waals surface area contributed by atoms with Gasteiger partial charge in [0.15, 0.2) is 0 Å². The summed E-state index contributed by atoms with van der Waals surface area (Å²) in [5.41, 5.74) is 3.50. The lowest BCUT2D eigenvalue weighted by Crippen LogP contribution is -2.25. The molecule has 2 aromatic rings. The van der Waals surface area contributed by atoms with Gasteiger partial charge in [-0.25, -0.2) is 0 Å². The van der Waals surface area contributed by atoms with Crippen molar-refractivity contribution in [2.75, 3.05) is 13.1 Å². The molecule has 2 aromatic carbocycles. The zero-order valence-electron chi connectivity index (χ0n) is 13.6. The highest BCUT2D eigenvalue weighted by Crippen LogP contribution is 2.17. The van der Waals surface area contributed by atoms with Crippen molar-refractivity contribution in [2.45, 2.75) is 32.4 Å². The van der Waals surface area contributed by atoms with Crippen molar-refractivity contribution in [1.82, 2.24) is 4.90 Å². The van der Waals surface area contributed by atoms with E-state index >= 15 is 0 Å². The van der Waals surface area contributed by atoms with Crippen LogP contribution in [0.15, 0.2) is 54.6 Å². The monoisotopic (exact) mass is 309 g/mol. The molecule has 23 heavy (non-hydrogen) atoms. The summed E-state index contributed by atoms with van der Waals surface area (Å²) < 4.78 is 5.64. The van der Waals surface area contributed by atoms with Crippen molar-refractivity contribution in [3.05, 3.63) is 71.3 Å². The minimum atomic E-state index is -0.123. The van der Waals surface area contributed by atoms with E-state index in [-0.39, 0.29) is 12.1 Å². The Morgan fingerprint density at radius 2 is 1.91 bits per heavy atom. The van der Waals surface area contributed by atoms with E-state index in [4.69, 9.17) is 4.74 Å². The number of carbonyl (C=O) groups is 1. The van der Waals surface area contributed by atoms with E-state index in [1.807, 2.05) is 37.3 Å². The number of carbonyl (C=O) groups excluding carboxylic acids is 1. The second kappa shape index (κ2) is 7.42. The molecule has 1 aliphatic heterocycles. The van der Waals surface area contributed by atoms with Crippen LogP contribution in [0.25, 0.3) is 0 Å². The van der Waals surface area contributed by atoms with E-state index in [0.717, 1.165) is 31.6 Å². The lowest BCUT2D eigenvalue weighted by Gasteiger charge is -2.16. The van der Waals surface area contributed by atoms with Crippen LogP contribution in [-0.2, 0) is 22.5 Å². The summed E-state index contributed by atoms with van der Waals surface area (Å²) in [4.78, 5) is 14.5. The Balaban J connectivity index is 1.47. The molecule has 0 saturated carbocycles. The van der Waals surface area contributed by atoms with Gasteiger partial charge in [0.25, 0.3) is 0 Å². The molecule has 1 saturated heterocycles. The first-order chi connectivity index (χ1) is 11.2. The summed E-state index contributed by atoms with van der Waals surface area (Å²) in [6.45, 7) is 4.77. The lowest BCUT2D eigenvalue weighted by molar-refractivity contribution is -0.147. The predicted octanol–water partition coefficient (Wildman–Crippen LogP) is 3.36. The van der Waals surface area contributed by atoms with Crippen molar-refractivity contribution < 1.29 is 9.53 Å². The van der Waals surface area contributed by atoms with E-state index in [1.165, 1.54) is 11.1 Å².